The molecule has 164 valence electrons. The highest BCUT2D eigenvalue weighted by Gasteiger charge is 2.27. The summed E-state index contributed by atoms with van der Waals surface area (Å²) in [6.07, 6.45) is 4.04. The average molecular weight is 439 g/mol. The van der Waals surface area contributed by atoms with Crippen molar-refractivity contribution in [2.75, 3.05) is 19.6 Å². The van der Waals surface area contributed by atoms with Gasteiger partial charge in [-0.15, -0.1) is 0 Å². The molecule has 0 unspecified atom stereocenters. The van der Waals surface area contributed by atoms with Crippen molar-refractivity contribution in [1.82, 2.24) is 18.8 Å². The molecule has 0 aliphatic carbocycles. The van der Waals surface area contributed by atoms with Crippen LogP contribution in [0.1, 0.15) is 43.1 Å². The third-order valence-electron chi connectivity index (χ3n) is 6.64. The molecule has 31 heavy (non-hydrogen) atoms. The lowest BCUT2D eigenvalue weighted by Crippen LogP contribution is -2.35. The number of aromatic nitrogens is 2. The van der Waals surface area contributed by atoms with Gasteiger partial charge >= 0.3 is 0 Å². The molecule has 3 heterocycles. The average Bonchev–Trinajstić information content (AvgIpc) is 3.15. The molecule has 5 rings (SSSR count). The van der Waals surface area contributed by atoms with Crippen LogP contribution in [0.4, 0.5) is 0 Å². The minimum atomic E-state index is -3.45. The van der Waals surface area contributed by atoms with Crippen LogP contribution in [-0.2, 0) is 36.1 Å². The lowest BCUT2D eigenvalue weighted by atomic mass is 10.00. The molecule has 0 radical (unpaired) electrons. The van der Waals surface area contributed by atoms with E-state index in [1.54, 1.807) is 16.4 Å². The van der Waals surface area contributed by atoms with Crippen LogP contribution in [0.15, 0.2) is 47.4 Å². The molecule has 0 amide bonds. The van der Waals surface area contributed by atoms with Crippen LogP contribution in [0.25, 0.3) is 11.0 Å². The number of nitrogens with zero attached hydrogens (tertiary/aromatic N) is 4. The SMILES string of the molecule is CCn1c(CN2CCc3ccccc3C2)nc2cc(S(=O)(=O)N3CCCCC3)ccc21. The smallest absolute Gasteiger partial charge is 0.243 e. The molecule has 2 aliphatic rings. The topological polar surface area (TPSA) is 58.4 Å². The van der Waals surface area contributed by atoms with Gasteiger partial charge in [0.1, 0.15) is 5.82 Å². The maximum absolute atomic E-state index is 13.1. The summed E-state index contributed by atoms with van der Waals surface area (Å²) in [5.74, 6) is 1.00. The minimum absolute atomic E-state index is 0.362. The lowest BCUT2D eigenvalue weighted by molar-refractivity contribution is 0.237. The van der Waals surface area contributed by atoms with E-state index in [0.717, 1.165) is 68.7 Å². The second-order valence-corrected chi connectivity index (χ2v) is 10.6. The summed E-state index contributed by atoms with van der Waals surface area (Å²) in [5, 5.41) is 0. The van der Waals surface area contributed by atoms with Crippen molar-refractivity contribution in [3.63, 3.8) is 0 Å². The van der Waals surface area contributed by atoms with Gasteiger partial charge in [0.15, 0.2) is 0 Å². The normalized spacial score (nSPS) is 18.4. The molecular weight excluding hydrogens is 408 g/mol. The van der Waals surface area contributed by atoms with E-state index in [2.05, 4.69) is 40.7 Å². The van der Waals surface area contributed by atoms with Crippen molar-refractivity contribution in [2.45, 2.75) is 57.1 Å². The van der Waals surface area contributed by atoms with E-state index in [4.69, 9.17) is 4.98 Å². The standard InChI is InChI=1S/C24H30N4O2S/c1-2-28-23-11-10-21(31(29,30)27-13-6-3-7-14-27)16-22(23)25-24(28)18-26-15-12-19-8-4-5-9-20(19)17-26/h4-5,8-11,16H,2-3,6-7,12-15,17-18H2,1H3. The summed E-state index contributed by atoms with van der Waals surface area (Å²) in [5.41, 5.74) is 4.61. The molecule has 6 nitrogen and oxygen atoms in total. The van der Waals surface area contributed by atoms with Crippen LogP contribution >= 0.6 is 0 Å². The van der Waals surface area contributed by atoms with E-state index >= 15 is 0 Å². The molecular formula is C24H30N4O2S. The maximum atomic E-state index is 13.1. The van der Waals surface area contributed by atoms with Crippen LogP contribution in [0.2, 0.25) is 0 Å². The highest BCUT2D eigenvalue weighted by Crippen LogP contribution is 2.26. The zero-order valence-electron chi connectivity index (χ0n) is 18.1. The fourth-order valence-corrected chi connectivity index (χ4v) is 6.47. The van der Waals surface area contributed by atoms with Crippen molar-refractivity contribution in [3.8, 4) is 0 Å². The zero-order chi connectivity index (χ0) is 21.4. The van der Waals surface area contributed by atoms with E-state index in [9.17, 15) is 8.42 Å². The predicted octanol–water partition coefficient (Wildman–Crippen LogP) is 3.79. The Morgan fingerprint density at radius 1 is 0.968 bits per heavy atom. The van der Waals surface area contributed by atoms with Gasteiger partial charge in [-0.25, -0.2) is 13.4 Å². The Balaban J connectivity index is 1.43. The third-order valence-corrected chi connectivity index (χ3v) is 8.54. The van der Waals surface area contributed by atoms with Crippen LogP contribution < -0.4 is 0 Å². The maximum Gasteiger partial charge on any atom is 0.243 e. The number of hydrogen-bond acceptors (Lipinski definition) is 4. The number of fused-ring (bicyclic) bond motifs is 2. The number of benzene rings is 2. The summed E-state index contributed by atoms with van der Waals surface area (Å²) < 4.78 is 30.1. The van der Waals surface area contributed by atoms with Gasteiger partial charge in [0, 0.05) is 32.7 Å². The van der Waals surface area contributed by atoms with Crippen LogP contribution in [-0.4, -0.2) is 46.8 Å². The molecule has 0 spiro atoms. The summed E-state index contributed by atoms with van der Waals surface area (Å²) in [6.45, 7) is 6.88. The number of rotatable bonds is 5. The van der Waals surface area contributed by atoms with Crippen molar-refractivity contribution in [2.24, 2.45) is 0 Å². The zero-order valence-corrected chi connectivity index (χ0v) is 18.9. The second-order valence-electron chi connectivity index (χ2n) is 8.62. The molecule has 0 atom stereocenters. The van der Waals surface area contributed by atoms with Crippen molar-refractivity contribution >= 4 is 21.1 Å². The number of hydrogen-bond donors (Lipinski definition) is 0. The molecule has 7 heteroatoms. The van der Waals surface area contributed by atoms with Gasteiger partial charge in [0.2, 0.25) is 10.0 Å². The Morgan fingerprint density at radius 3 is 2.52 bits per heavy atom. The summed E-state index contributed by atoms with van der Waals surface area (Å²) in [4.78, 5) is 7.68. The van der Waals surface area contributed by atoms with E-state index < -0.39 is 10.0 Å². The van der Waals surface area contributed by atoms with Gasteiger partial charge < -0.3 is 4.57 Å². The highest BCUT2D eigenvalue weighted by molar-refractivity contribution is 7.89. The first kappa shape index (κ1) is 20.7. The van der Waals surface area contributed by atoms with Crippen molar-refractivity contribution in [3.05, 3.63) is 59.4 Å². The monoisotopic (exact) mass is 438 g/mol. The Labute approximate surface area is 184 Å². The number of sulfonamides is 1. The Hall–Kier alpha value is -2.22. The van der Waals surface area contributed by atoms with Gasteiger partial charge in [0.25, 0.3) is 0 Å². The third kappa shape index (κ3) is 3.90. The van der Waals surface area contributed by atoms with E-state index in [-0.39, 0.29) is 0 Å². The first-order chi connectivity index (χ1) is 15.1. The Kier molecular flexibility index (Phi) is 5.58. The molecule has 0 N–H and O–H groups in total. The quantitative estimate of drug-likeness (QED) is 0.608. The summed E-state index contributed by atoms with van der Waals surface area (Å²) >= 11 is 0. The largest absolute Gasteiger partial charge is 0.327 e. The molecule has 0 saturated carbocycles. The summed E-state index contributed by atoms with van der Waals surface area (Å²) in [6, 6.07) is 14.1. The number of piperidine rings is 1. The molecule has 1 fully saturated rings. The highest BCUT2D eigenvalue weighted by atomic mass is 32.2. The number of aryl methyl sites for hydroxylation is 1. The predicted molar refractivity (Wildman–Crippen MR) is 122 cm³/mol. The van der Waals surface area contributed by atoms with E-state index in [1.807, 2.05) is 6.07 Å². The fraction of sp³-hybridized carbons (Fsp3) is 0.458. The van der Waals surface area contributed by atoms with Crippen molar-refractivity contribution in [1.29, 1.82) is 0 Å². The molecule has 2 aliphatic heterocycles. The fourth-order valence-electron chi connectivity index (χ4n) is 4.94. The van der Waals surface area contributed by atoms with Gasteiger partial charge in [-0.05, 0) is 55.5 Å². The van der Waals surface area contributed by atoms with Crippen LogP contribution in [0.5, 0.6) is 0 Å². The van der Waals surface area contributed by atoms with Crippen LogP contribution in [0, 0.1) is 0 Å². The van der Waals surface area contributed by atoms with Crippen molar-refractivity contribution < 1.29 is 8.42 Å². The Morgan fingerprint density at radius 2 is 1.74 bits per heavy atom. The van der Waals surface area contributed by atoms with Gasteiger partial charge in [-0.2, -0.15) is 4.31 Å². The molecule has 3 aromatic rings. The molecule has 1 aromatic heterocycles. The molecule has 1 saturated heterocycles. The number of imidazole rings is 1. The first-order valence-electron chi connectivity index (χ1n) is 11.3. The lowest BCUT2D eigenvalue weighted by Gasteiger charge is -2.28. The van der Waals surface area contributed by atoms with Gasteiger partial charge in [-0.1, -0.05) is 30.7 Å². The molecule has 2 aromatic carbocycles. The van der Waals surface area contributed by atoms with Gasteiger partial charge in [-0.3, -0.25) is 4.90 Å². The molecule has 0 bridgehead atoms. The van der Waals surface area contributed by atoms with Crippen LogP contribution in [0.3, 0.4) is 0 Å². The first-order valence-corrected chi connectivity index (χ1v) is 12.8. The van der Waals surface area contributed by atoms with Gasteiger partial charge in [0.05, 0.1) is 22.5 Å². The van der Waals surface area contributed by atoms with E-state index in [1.165, 1.54) is 11.1 Å². The van der Waals surface area contributed by atoms with E-state index in [0.29, 0.717) is 18.0 Å². The second kappa shape index (κ2) is 8.37. The minimum Gasteiger partial charge on any atom is -0.327 e. The Bertz CT molecular complexity index is 1200. The summed E-state index contributed by atoms with van der Waals surface area (Å²) in [7, 11) is -3.45.